The third-order valence-corrected chi connectivity index (χ3v) is 6.80. The minimum atomic E-state index is -3.44. The van der Waals surface area contributed by atoms with E-state index in [1.165, 1.54) is 6.20 Å². The Balaban J connectivity index is 1.40. The molecule has 0 radical (unpaired) electrons. The molecule has 0 bridgehead atoms. The molecule has 9 heteroatoms. The van der Waals surface area contributed by atoms with Crippen LogP contribution in [0.1, 0.15) is 35.2 Å². The zero-order valence-electron chi connectivity index (χ0n) is 15.3. The molecule has 146 valence electrons. The van der Waals surface area contributed by atoms with Gasteiger partial charge in [-0.05, 0) is 36.6 Å². The van der Waals surface area contributed by atoms with Gasteiger partial charge in [0.15, 0.2) is 5.65 Å². The maximum Gasteiger partial charge on any atom is 0.253 e. The Hall–Kier alpha value is -2.78. The lowest BCUT2D eigenvalue weighted by Crippen LogP contribution is -2.35. The highest BCUT2D eigenvalue weighted by Crippen LogP contribution is 2.21. The fourth-order valence-corrected chi connectivity index (χ4v) is 4.80. The van der Waals surface area contributed by atoms with Crippen molar-refractivity contribution in [3.05, 3.63) is 53.9 Å². The van der Waals surface area contributed by atoms with Crippen molar-refractivity contribution in [2.75, 3.05) is 13.1 Å². The summed E-state index contributed by atoms with van der Waals surface area (Å²) in [5, 5.41) is 10.2. The Labute approximate surface area is 163 Å². The van der Waals surface area contributed by atoms with Crippen LogP contribution in [0.3, 0.4) is 0 Å². The molecular weight excluding hydrogens is 378 g/mol. The standard InChI is InChI=1S/C19H21N5O3S/c25-19(16-10-15-13-22-23-18(15)20-12-16)21-11-14-4-6-17(7-5-14)28(26,27)24-8-2-1-3-9-24/h4-7,10,12-13H,1-3,8-9,11H2,(H,21,25)(H,20,22,23). The van der Waals surface area contributed by atoms with Crippen molar-refractivity contribution >= 4 is 27.0 Å². The van der Waals surface area contributed by atoms with Crippen molar-refractivity contribution in [3.8, 4) is 0 Å². The van der Waals surface area contributed by atoms with Crippen molar-refractivity contribution in [3.63, 3.8) is 0 Å². The van der Waals surface area contributed by atoms with E-state index in [4.69, 9.17) is 0 Å². The number of amides is 1. The number of carbonyl (C=O) groups excluding carboxylic acids is 1. The van der Waals surface area contributed by atoms with Gasteiger partial charge in [0, 0.05) is 31.2 Å². The van der Waals surface area contributed by atoms with Gasteiger partial charge in [0.05, 0.1) is 16.7 Å². The molecule has 1 saturated heterocycles. The number of hydrogen-bond acceptors (Lipinski definition) is 5. The summed E-state index contributed by atoms with van der Waals surface area (Å²) >= 11 is 0. The normalized spacial score (nSPS) is 15.6. The number of H-pyrrole nitrogens is 1. The van der Waals surface area contributed by atoms with Gasteiger partial charge in [-0.1, -0.05) is 18.6 Å². The second kappa shape index (κ2) is 7.69. The summed E-state index contributed by atoms with van der Waals surface area (Å²) in [5.74, 6) is -0.249. The van der Waals surface area contributed by atoms with Gasteiger partial charge in [0.1, 0.15) is 0 Å². The van der Waals surface area contributed by atoms with E-state index in [0.29, 0.717) is 35.7 Å². The van der Waals surface area contributed by atoms with Crippen LogP contribution in [0, 0.1) is 0 Å². The third-order valence-electron chi connectivity index (χ3n) is 4.88. The van der Waals surface area contributed by atoms with Gasteiger partial charge < -0.3 is 5.32 Å². The fourth-order valence-electron chi connectivity index (χ4n) is 3.28. The summed E-state index contributed by atoms with van der Waals surface area (Å²) < 4.78 is 26.9. The van der Waals surface area contributed by atoms with Crippen molar-refractivity contribution in [2.24, 2.45) is 0 Å². The lowest BCUT2D eigenvalue weighted by molar-refractivity contribution is 0.0950. The molecule has 1 aliphatic heterocycles. The monoisotopic (exact) mass is 399 g/mol. The zero-order valence-corrected chi connectivity index (χ0v) is 16.1. The number of pyridine rings is 1. The van der Waals surface area contributed by atoms with E-state index in [0.717, 1.165) is 30.2 Å². The van der Waals surface area contributed by atoms with Gasteiger partial charge >= 0.3 is 0 Å². The summed E-state index contributed by atoms with van der Waals surface area (Å²) in [6, 6.07) is 8.38. The Kier molecular flexibility index (Phi) is 5.10. The van der Waals surface area contributed by atoms with Crippen LogP contribution in [0.5, 0.6) is 0 Å². The quantitative estimate of drug-likeness (QED) is 0.683. The van der Waals surface area contributed by atoms with Crippen LogP contribution in [-0.2, 0) is 16.6 Å². The summed E-state index contributed by atoms with van der Waals surface area (Å²) in [5.41, 5.74) is 1.89. The number of benzene rings is 1. The average Bonchev–Trinajstić information content (AvgIpc) is 3.21. The first-order valence-corrected chi connectivity index (χ1v) is 10.6. The van der Waals surface area contributed by atoms with Gasteiger partial charge in [-0.2, -0.15) is 9.40 Å². The largest absolute Gasteiger partial charge is 0.348 e. The Morgan fingerprint density at radius 2 is 1.86 bits per heavy atom. The van der Waals surface area contributed by atoms with Crippen molar-refractivity contribution in [1.82, 2.24) is 24.8 Å². The first-order chi connectivity index (χ1) is 13.5. The van der Waals surface area contributed by atoms with Crippen molar-refractivity contribution < 1.29 is 13.2 Å². The van der Waals surface area contributed by atoms with Crippen molar-refractivity contribution in [1.29, 1.82) is 0 Å². The molecule has 28 heavy (non-hydrogen) atoms. The number of aromatic amines is 1. The van der Waals surface area contributed by atoms with Gasteiger partial charge in [-0.15, -0.1) is 0 Å². The number of nitrogens with zero attached hydrogens (tertiary/aromatic N) is 3. The molecule has 0 aliphatic carbocycles. The highest BCUT2D eigenvalue weighted by atomic mass is 32.2. The second-order valence-electron chi connectivity index (χ2n) is 6.82. The zero-order chi connectivity index (χ0) is 19.6. The molecule has 3 aromatic rings. The molecule has 3 heterocycles. The van der Waals surface area contributed by atoms with Crippen molar-refractivity contribution in [2.45, 2.75) is 30.7 Å². The summed E-state index contributed by atoms with van der Waals surface area (Å²) in [7, 11) is -3.44. The van der Waals surface area contributed by atoms with E-state index < -0.39 is 10.0 Å². The minimum Gasteiger partial charge on any atom is -0.348 e. The molecule has 8 nitrogen and oxygen atoms in total. The van der Waals surface area contributed by atoms with E-state index in [2.05, 4.69) is 20.5 Å². The van der Waals surface area contributed by atoms with Gasteiger partial charge in [-0.3, -0.25) is 9.89 Å². The second-order valence-corrected chi connectivity index (χ2v) is 8.76. The number of rotatable bonds is 5. The average molecular weight is 399 g/mol. The van der Waals surface area contributed by atoms with Crippen LogP contribution in [0.25, 0.3) is 11.0 Å². The summed E-state index contributed by atoms with van der Waals surface area (Å²) in [4.78, 5) is 16.8. The molecule has 1 amide bonds. The van der Waals surface area contributed by atoms with Gasteiger partial charge in [0.25, 0.3) is 5.91 Å². The molecule has 1 aliphatic rings. The number of sulfonamides is 1. The predicted molar refractivity (Wildman–Crippen MR) is 104 cm³/mol. The first-order valence-electron chi connectivity index (χ1n) is 9.20. The third kappa shape index (κ3) is 3.76. The lowest BCUT2D eigenvalue weighted by atomic mass is 10.2. The van der Waals surface area contributed by atoms with E-state index in [9.17, 15) is 13.2 Å². The van der Waals surface area contributed by atoms with E-state index >= 15 is 0 Å². The maximum absolute atomic E-state index is 12.7. The van der Waals surface area contributed by atoms with Crippen LogP contribution in [0.4, 0.5) is 0 Å². The van der Waals surface area contributed by atoms with E-state index in [-0.39, 0.29) is 5.91 Å². The minimum absolute atomic E-state index is 0.249. The number of hydrogen-bond donors (Lipinski definition) is 2. The topological polar surface area (TPSA) is 108 Å². The van der Waals surface area contributed by atoms with E-state index in [1.54, 1.807) is 40.8 Å². The van der Waals surface area contributed by atoms with Gasteiger partial charge in [-0.25, -0.2) is 13.4 Å². The molecule has 0 atom stereocenters. The smallest absolute Gasteiger partial charge is 0.253 e. The molecule has 0 saturated carbocycles. The molecular formula is C19H21N5O3S. The molecule has 1 aromatic carbocycles. The van der Waals surface area contributed by atoms with Crippen LogP contribution >= 0.6 is 0 Å². The molecule has 2 N–H and O–H groups in total. The molecule has 1 fully saturated rings. The molecule has 4 rings (SSSR count). The number of carbonyl (C=O) groups is 1. The summed E-state index contributed by atoms with van der Waals surface area (Å²) in [6.45, 7) is 1.46. The van der Waals surface area contributed by atoms with E-state index in [1.807, 2.05) is 0 Å². The van der Waals surface area contributed by atoms with Crippen LogP contribution in [0.15, 0.2) is 47.6 Å². The van der Waals surface area contributed by atoms with Gasteiger partial charge in [0.2, 0.25) is 10.0 Å². The predicted octanol–water partition coefficient (Wildman–Crippen LogP) is 2.06. The highest BCUT2D eigenvalue weighted by molar-refractivity contribution is 7.89. The first kappa shape index (κ1) is 18.6. The maximum atomic E-state index is 12.7. The Morgan fingerprint density at radius 3 is 2.61 bits per heavy atom. The highest BCUT2D eigenvalue weighted by Gasteiger charge is 2.25. The molecule has 0 unspecified atom stereocenters. The number of aromatic nitrogens is 3. The summed E-state index contributed by atoms with van der Waals surface area (Å²) in [6.07, 6.45) is 5.99. The SMILES string of the molecule is O=C(NCc1ccc(S(=O)(=O)N2CCCCC2)cc1)c1cnc2[nH]ncc2c1. The van der Waals surface area contributed by atoms with Crippen LogP contribution < -0.4 is 5.32 Å². The molecule has 2 aromatic heterocycles. The number of fused-ring (bicyclic) bond motifs is 1. The lowest BCUT2D eigenvalue weighted by Gasteiger charge is -2.25. The Morgan fingerprint density at radius 1 is 1.11 bits per heavy atom. The molecule has 0 spiro atoms. The van der Waals surface area contributed by atoms with Crippen LogP contribution in [-0.4, -0.2) is 46.9 Å². The van der Waals surface area contributed by atoms with Crippen LogP contribution in [0.2, 0.25) is 0 Å². The number of nitrogens with one attached hydrogen (secondary N) is 2. The fraction of sp³-hybridized carbons (Fsp3) is 0.316. The number of piperidine rings is 1. The Bertz CT molecular complexity index is 1090.